The minimum Gasteiger partial charge on any atom is -0.504 e. The van der Waals surface area contributed by atoms with Crippen LogP contribution in [0.3, 0.4) is 0 Å². The molecule has 0 unspecified atom stereocenters. The van der Waals surface area contributed by atoms with Crippen LogP contribution < -0.4 is 10.9 Å². The largest absolute Gasteiger partial charge is 0.504 e. The van der Waals surface area contributed by atoms with E-state index in [1.54, 1.807) is 0 Å². The molecule has 0 atom stereocenters. The van der Waals surface area contributed by atoms with Gasteiger partial charge in [0.15, 0.2) is 11.3 Å². The van der Waals surface area contributed by atoms with Crippen molar-refractivity contribution < 1.29 is 18.3 Å². The van der Waals surface area contributed by atoms with Crippen molar-refractivity contribution in [2.24, 2.45) is 0 Å². The molecule has 0 saturated heterocycles. The molecule has 1 aromatic rings. The first kappa shape index (κ1) is 7.77. The van der Waals surface area contributed by atoms with Crippen LogP contribution in [-0.2, 0) is 6.18 Å². The molecule has 3 nitrogen and oxygen atoms in total. The van der Waals surface area contributed by atoms with E-state index in [0.29, 0.717) is 0 Å². The third-order valence-corrected chi connectivity index (χ3v) is 1.17. The average Bonchev–Trinajstić information content (AvgIpc) is 1.85. The van der Waals surface area contributed by atoms with E-state index in [4.69, 9.17) is 5.11 Å². The lowest BCUT2D eigenvalue weighted by Gasteiger charge is -2.07. The first-order valence-electron chi connectivity index (χ1n) is 2.45. The molecule has 0 aliphatic carbocycles. The number of hydrogen-bond donors (Lipinski definition) is 1. The fraction of sp³-hybridized carbons (Fsp3) is 0.200. The molecule has 0 saturated carbocycles. The van der Waals surface area contributed by atoms with Gasteiger partial charge < -0.3 is 5.11 Å². The SMILES string of the molecule is O=c1c(O)c(C(F)(F)F)c1=O. The average molecular weight is 166 g/mol. The number of alkyl halides is 3. The van der Waals surface area contributed by atoms with Crippen LogP contribution in [0.15, 0.2) is 9.59 Å². The Kier molecular flexibility index (Phi) is 1.30. The van der Waals surface area contributed by atoms with Gasteiger partial charge in [-0.1, -0.05) is 0 Å². The summed E-state index contributed by atoms with van der Waals surface area (Å²) in [6, 6.07) is 0. The molecule has 0 amide bonds. The number of halogens is 3. The molecule has 0 radical (unpaired) electrons. The zero-order valence-corrected chi connectivity index (χ0v) is 4.90. The Balaban J connectivity index is 3.31. The minimum absolute atomic E-state index is 1.47. The summed E-state index contributed by atoms with van der Waals surface area (Å²) in [7, 11) is 0. The van der Waals surface area contributed by atoms with Crippen molar-refractivity contribution >= 4 is 0 Å². The van der Waals surface area contributed by atoms with Crippen molar-refractivity contribution in [1.82, 2.24) is 0 Å². The molecule has 6 heteroatoms. The Morgan fingerprint density at radius 3 is 1.73 bits per heavy atom. The summed E-state index contributed by atoms with van der Waals surface area (Å²) in [5.41, 5.74) is -4.89. The van der Waals surface area contributed by atoms with Gasteiger partial charge in [0.2, 0.25) is 5.43 Å². The van der Waals surface area contributed by atoms with E-state index in [2.05, 4.69) is 0 Å². The maximum atomic E-state index is 11.6. The lowest BCUT2D eigenvalue weighted by molar-refractivity contribution is -0.140. The van der Waals surface area contributed by atoms with Crippen LogP contribution in [0.25, 0.3) is 0 Å². The quantitative estimate of drug-likeness (QED) is 0.552. The molecule has 0 fully saturated rings. The lowest BCUT2D eigenvalue weighted by Crippen LogP contribution is -2.38. The summed E-state index contributed by atoms with van der Waals surface area (Å²) < 4.78 is 34.8. The highest BCUT2D eigenvalue weighted by Gasteiger charge is 2.42. The standard InChI is InChI=1S/C5HF3O3/c6-5(7,8)1-2(9)4(11)3(1)10/h9H. The normalized spacial score (nSPS) is 12.3. The monoisotopic (exact) mass is 166 g/mol. The topological polar surface area (TPSA) is 54.4 Å². The maximum Gasteiger partial charge on any atom is 0.424 e. The molecule has 0 heterocycles. The Morgan fingerprint density at radius 2 is 1.55 bits per heavy atom. The molecule has 0 bridgehead atoms. The summed E-state index contributed by atoms with van der Waals surface area (Å²) in [5.74, 6) is -1.48. The van der Waals surface area contributed by atoms with E-state index >= 15 is 0 Å². The molecule has 0 aliphatic rings. The first-order chi connectivity index (χ1) is 4.85. The van der Waals surface area contributed by atoms with E-state index < -0.39 is 28.3 Å². The van der Waals surface area contributed by atoms with Crippen LogP contribution in [0.1, 0.15) is 5.56 Å². The van der Waals surface area contributed by atoms with E-state index in [1.807, 2.05) is 0 Å². The lowest BCUT2D eigenvalue weighted by atomic mass is 10.1. The van der Waals surface area contributed by atoms with Gasteiger partial charge in [0.1, 0.15) is 0 Å². The van der Waals surface area contributed by atoms with Gasteiger partial charge in [-0.3, -0.25) is 9.59 Å². The van der Waals surface area contributed by atoms with Crippen molar-refractivity contribution in [2.75, 3.05) is 0 Å². The van der Waals surface area contributed by atoms with Crippen LogP contribution in [-0.4, -0.2) is 5.11 Å². The summed E-state index contributed by atoms with van der Waals surface area (Å²) >= 11 is 0. The summed E-state index contributed by atoms with van der Waals surface area (Å²) in [5, 5.41) is 8.27. The number of rotatable bonds is 0. The highest BCUT2D eigenvalue weighted by molar-refractivity contribution is 5.40. The zero-order chi connectivity index (χ0) is 8.81. The Morgan fingerprint density at radius 1 is 1.09 bits per heavy atom. The molecule has 1 rings (SSSR count). The Bertz CT molecular complexity index is 355. The molecule has 1 N–H and O–H groups in total. The second kappa shape index (κ2) is 1.84. The summed E-state index contributed by atoms with van der Waals surface area (Å²) in [4.78, 5) is 20.2. The van der Waals surface area contributed by atoms with Gasteiger partial charge in [-0.05, 0) is 0 Å². The Hall–Kier alpha value is -1.33. The third kappa shape index (κ3) is 0.903. The van der Waals surface area contributed by atoms with Crippen molar-refractivity contribution in [3.63, 3.8) is 0 Å². The van der Waals surface area contributed by atoms with Gasteiger partial charge in [-0.25, -0.2) is 0 Å². The van der Waals surface area contributed by atoms with Crippen molar-refractivity contribution in [3.8, 4) is 5.75 Å². The summed E-state index contributed by atoms with van der Waals surface area (Å²) in [6.07, 6.45) is -4.92. The first-order valence-corrected chi connectivity index (χ1v) is 2.45. The third-order valence-electron chi connectivity index (χ3n) is 1.17. The predicted octanol–water partition coefficient (Wildman–Crippen LogP) is 0.00700. The van der Waals surface area contributed by atoms with E-state index in [1.165, 1.54) is 0 Å². The van der Waals surface area contributed by atoms with Gasteiger partial charge in [-0.2, -0.15) is 13.2 Å². The minimum atomic E-state index is -4.92. The van der Waals surface area contributed by atoms with Crippen LogP contribution in [0, 0.1) is 0 Å². The number of hydrogen-bond acceptors (Lipinski definition) is 3. The van der Waals surface area contributed by atoms with Crippen molar-refractivity contribution in [3.05, 3.63) is 26.0 Å². The van der Waals surface area contributed by atoms with Gasteiger partial charge in [0.25, 0.3) is 5.43 Å². The number of aromatic hydroxyl groups is 1. The highest BCUT2D eigenvalue weighted by Crippen LogP contribution is 2.31. The van der Waals surface area contributed by atoms with Gasteiger partial charge in [-0.15, -0.1) is 0 Å². The second-order valence-corrected chi connectivity index (χ2v) is 1.88. The molecule has 11 heavy (non-hydrogen) atoms. The van der Waals surface area contributed by atoms with E-state index in [0.717, 1.165) is 0 Å². The molecule has 0 aromatic heterocycles. The summed E-state index contributed by atoms with van der Waals surface area (Å²) in [6.45, 7) is 0. The fourth-order valence-electron chi connectivity index (χ4n) is 0.643. The van der Waals surface area contributed by atoms with Crippen LogP contribution >= 0.6 is 0 Å². The van der Waals surface area contributed by atoms with Crippen molar-refractivity contribution in [1.29, 1.82) is 0 Å². The van der Waals surface area contributed by atoms with Gasteiger partial charge >= 0.3 is 6.18 Å². The van der Waals surface area contributed by atoms with E-state index in [9.17, 15) is 22.8 Å². The molecular formula is C5HF3O3. The molecule has 1 aromatic carbocycles. The van der Waals surface area contributed by atoms with Crippen molar-refractivity contribution in [2.45, 2.75) is 6.18 Å². The smallest absolute Gasteiger partial charge is 0.424 e. The molecule has 0 aliphatic heterocycles. The molecule has 60 valence electrons. The molecule has 0 spiro atoms. The fourth-order valence-corrected chi connectivity index (χ4v) is 0.643. The van der Waals surface area contributed by atoms with Crippen LogP contribution in [0.2, 0.25) is 0 Å². The molecular weight excluding hydrogens is 165 g/mol. The Labute approximate surface area is 57.4 Å². The van der Waals surface area contributed by atoms with Gasteiger partial charge in [0, 0.05) is 0 Å². The van der Waals surface area contributed by atoms with Gasteiger partial charge in [0.05, 0.1) is 0 Å². The second-order valence-electron chi connectivity index (χ2n) is 1.88. The maximum absolute atomic E-state index is 11.6. The highest BCUT2D eigenvalue weighted by atomic mass is 19.4. The van der Waals surface area contributed by atoms with Crippen LogP contribution in [0.5, 0.6) is 5.75 Å². The van der Waals surface area contributed by atoms with E-state index in [-0.39, 0.29) is 0 Å². The predicted molar refractivity (Wildman–Crippen MR) is 28.0 cm³/mol. The zero-order valence-electron chi connectivity index (χ0n) is 4.90. The van der Waals surface area contributed by atoms with Crippen LogP contribution in [0.4, 0.5) is 13.2 Å².